The van der Waals surface area contributed by atoms with Gasteiger partial charge in [-0.05, 0) is 35.5 Å². The second kappa shape index (κ2) is 13.1. The predicted octanol–water partition coefficient (Wildman–Crippen LogP) is 3.37. The predicted molar refractivity (Wildman–Crippen MR) is 147 cm³/mol. The van der Waals surface area contributed by atoms with Gasteiger partial charge in [0.25, 0.3) is 5.88 Å². The molecule has 214 valence electrons. The first-order chi connectivity index (χ1) is 19.1. The van der Waals surface area contributed by atoms with Crippen LogP contribution in [0.25, 0.3) is 10.4 Å². The summed E-state index contributed by atoms with van der Waals surface area (Å²) in [6.07, 6.45) is -0.406. The summed E-state index contributed by atoms with van der Waals surface area (Å²) in [5, 5.41) is 25.9. The molecule has 3 heterocycles. The van der Waals surface area contributed by atoms with E-state index in [2.05, 4.69) is 15.5 Å². The molecular weight excluding hydrogens is 536 g/mol. The van der Waals surface area contributed by atoms with Gasteiger partial charge in [-0.1, -0.05) is 38.1 Å². The largest absolute Gasteiger partial charge is 0.481 e. The summed E-state index contributed by atoms with van der Waals surface area (Å²) in [6.45, 7) is 6.15. The van der Waals surface area contributed by atoms with Gasteiger partial charge in [0.1, 0.15) is 12.0 Å². The molecule has 1 aliphatic rings. The fourth-order valence-electron chi connectivity index (χ4n) is 4.77. The molecule has 3 atom stereocenters. The smallest absolute Gasteiger partial charge is 0.303 e. The van der Waals surface area contributed by atoms with Gasteiger partial charge >= 0.3 is 5.97 Å². The van der Waals surface area contributed by atoms with Crippen molar-refractivity contribution in [1.29, 1.82) is 0 Å². The quantitative estimate of drug-likeness (QED) is 0.278. The highest BCUT2D eigenvalue weighted by Crippen LogP contribution is 2.32. The van der Waals surface area contributed by atoms with Crippen LogP contribution in [0.5, 0.6) is 5.88 Å². The highest BCUT2D eigenvalue weighted by Gasteiger charge is 2.43. The number of hydrogen-bond acceptors (Lipinski definition) is 9. The van der Waals surface area contributed by atoms with Gasteiger partial charge in [-0.3, -0.25) is 14.4 Å². The van der Waals surface area contributed by atoms with Crippen molar-refractivity contribution in [1.82, 2.24) is 20.4 Å². The van der Waals surface area contributed by atoms with E-state index in [1.165, 1.54) is 11.0 Å². The zero-order valence-electron chi connectivity index (χ0n) is 22.7. The van der Waals surface area contributed by atoms with Crippen molar-refractivity contribution in [3.8, 4) is 16.3 Å². The number of aliphatic hydroxyl groups excluding tert-OH is 1. The van der Waals surface area contributed by atoms with Gasteiger partial charge in [0.05, 0.1) is 28.8 Å². The lowest BCUT2D eigenvalue weighted by Crippen LogP contribution is -2.48. The molecule has 3 aromatic rings. The Hall–Kier alpha value is -3.77. The SMILES string of the molecule is Cc1ncsc1-c1ccc(CNC(=O)[C@@H]2C[C@@H](O)CN2C(=O)C(c2cc(OCCCC(=O)O)no2)C(C)C)cc1. The fraction of sp³-hybridized carbons (Fsp3) is 0.464. The molecule has 0 spiro atoms. The van der Waals surface area contributed by atoms with E-state index in [4.69, 9.17) is 14.4 Å². The van der Waals surface area contributed by atoms with Crippen molar-refractivity contribution in [3.05, 3.63) is 52.9 Å². The minimum Gasteiger partial charge on any atom is -0.481 e. The first kappa shape index (κ1) is 29.2. The van der Waals surface area contributed by atoms with Crippen LogP contribution in [0, 0.1) is 12.8 Å². The molecule has 0 bridgehead atoms. The summed E-state index contributed by atoms with van der Waals surface area (Å²) >= 11 is 1.58. The lowest BCUT2D eigenvalue weighted by atomic mass is 9.91. The summed E-state index contributed by atoms with van der Waals surface area (Å²) in [5.74, 6) is -2.09. The molecule has 2 aromatic heterocycles. The van der Waals surface area contributed by atoms with Crippen molar-refractivity contribution < 1.29 is 33.9 Å². The van der Waals surface area contributed by atoms with Crippen LogP contribution in [0.1, 0.15) is 56.0 Å². The summed E-state index contributed by atoms with van der Waals surface area (Å²) < 4.78 is 10.9. The number of nitrogens with zero attached hydrogens (tertiary/aromatic N) is 3. The van der Waals surface area contributed by atoms with Crippen molar-refractivity contribution in [3.63, 3.8) is 0 Å². The molecule has 1 saturated heterocycles. The molecular formula is C28H34N4O7S. The number of aliphatic carboxylic acids is 1. The number of aryl methyl sites for hydroxylation is 1. The Kier molecular flexibility index (Phi) is 9.54. The molecule has 2 amide bonds. The first-order valence-electron chi connectivity index (χ1n) is 13.2. The van der Waals surface area contributed by atoms with Crippen molar-refractivity contribution in [2.75, 3.05) is 13.2 Å². The number of ether oxygens (including phenoxy) is 1. The number of nitrogens with one attached hydrogen (secondary N) is 1. The highest BCUT2D eigenvalue weighted by atomic mass is 32.1. The van der Waals surface area contributed by atoms with Crippen molar-refractivity contribution >= 4 is 29.1 Å². The zero-order valence-corrected chi connectivity index (χ0v) is 23.5. The fourth-order valence-corrected chi connectivity index (χ4v) is 5.58. The van der Waals surface area contributed by atoms with Gasteiger partial charge in [0.15, 0.2) is 5.76 Å². The number of aromatic nitrogens is 2. The van der Waals surface area contributed by atoms with Crippen LogP contribution in [0.3, 0.4) is 0 Å². The number of amides is 2. The van der Waals surface area contributed by atoms with E-state index >= 15 is 0 Å². The lowest BCUT2D eigenvalue weighted by Gasteiger charge is -2.28. The second-order valence-corrected chi connectivity index (χ2v) is 11.1. The number of carboxylic acids is 1. The monoisotopic (exact) mass is 570 g/mol. The van der Waals surface area contributed by atoms with E-state index in [1.807, 2.05) is 50.5 Å². The van der Waals surface area contributed by atoms with E-state index in [-0.39, 0.29) is 61.9 Å². The number of carboxylic acid groups (broad SMARTS) is 1. The average molecular weight is 571 g/mol. The van der Waals surface area contributed by atoms with E-state index < -0.39 is 24.0 Å². The maximum atomic E-state index is 13.7. The van der Waals surface area contributed by atoms with E-state index in [0.717, 1.165) is 21.7 Å². The molecule has 4 rings (SSSR count). The maximum Gasteiger partial charge on any atom is 0.303 e. The molecule has 1 aliphatic heterocycles. The summed E-state index contributed by atoms with van der Waals surface area (Å²) in [6, 6.07) is 8.57. The molecule has 1 aromatic carbocycles. The van der Waals surface area contributed by atoms with Crippen molar-refractivity contribution in [2.24, 2.45) is 5.92 Å². The van der Waals surface area contributed by atoms with E-state index in [9.17, 15) is 19.5 Å². The first-order valence-corrected chi connectivity index (χ1v) is 14.1. The Morgan fingerprint density at radius 2 is 2.00 bits per heavy atom. The van der Waals surface area contributed by atoms with Crippen LogP contribution in [-0.2, 0) is 20.9 Å². The number of likely N-dealkylation sites (tertiary alicyclic amines) is 1. The van der Waals surface area contributed by atoms with Gasteiger partial charge in [0, 0.05) is 32.0 Å². The van der Waals surface area contributed by atoms with Crippen molar-refractivity contribution in [2.45, 2.75) is 64.6 Å². The normalized spacial score (nSPS) is 17.7. The molecule has 3 N–H and O–H groups in total. The summed E-state index contributed by atoms with van der Waals surface area (Å²) in [7, 11) is 0. The molecule has 0 radical (unpaired) electrons. The zero-order chi connectivity index (χ0) is 28.8. The highest BCUT2D eigenvalue weighted by molar-refractivity contribution is 7.13. The van der Waals surface area contributed by atoms with Crippen LogP contribution in [0.15, 0.2) is 40.4 Å². The Bertz CT molecular complexity index is 1320. The Morgan fingerprint density at radius 1 is 1.25 bits per heavy atom. The Labute approximate surface area is 236 Å². The number of aliphatic hydroxyl groups is 1. The maximum absolute atomic E-state index is 13.7. The summed E-state index contributed by atoms with van der Waals surface area (Å²) in [5.41, 5.74) is 4.76. The molecule has 0 saturated carbocycles. The molecule has 1 unspecified atom stereocenters. The van der Waals surface area contributed by atoms with Crippen LogP contribution in [0.2, 0.25) is 0 Å². The van der Waals surface area contributed by atoms with Crippen LogP contribution >= 0.6 is 11.3 Å². The van der Waals surface area contributed by atoms with Gasteiger partial charge in [-0.15, -0.1) is 11.3 Å². The number of carbonyl (C=O) groups is 3. The van der Waals surface area contributed by atoms with Crippen LogP contribution in [-0.4, -0.2) is 68.3 Å². The number of carbonyl (C=O) groups excluding carboxylic acids is 2. The minimum absolute atomic E-state index is 0.0313. The Morgan fingerprint density at radius 3 is 2.65 bits per heavy atom. The molecule has 12 heteroatoms. The molecule has 1 fully saturated rings. The van der Waals surface area contributed by atoms with Crippen LogP contribution < -0.4 is 10.1 Å². The van der Waals surface area contributed by atoms with Gasteiger partial charge in [-0.25, -0.2) is 4.98 Å². The number of rotatable bonds is 12. The third kappa shape index (κ3) is 7.05. The number of thiazole rings is 1. The molecule has 40 heavy (non-hydrogen) atoms. The molecule has 11 nitrogen and oxygen atoms in total. The van der Waals surface area contributed by atoms with E-state index in [0.29, 0.717) is 6.42 Å². The minimum atomic E-state index is -0.916. The topological polar surface area (TPSA) is 155 Å². The van der Waals surface area contributed by atoms with E-state index in [1.54, 1.807) is 11.3 Å². The lowest BCUT2D eigenvalue weighted by molar-refractivity contribution is -0.141. The van der Waals surface area contributed by atoms with Crippen LogP contribution in [0.4, 0.5) is 0 Å². The third-order valence-corrected chi connectivity index (χ3v) is 7.80. The van der Waals surface area contributed by atoms with Gasteiger partial charge < -0.3 is 29.7 Å². The van der Waals surface area contributed by atoms with Gasteiger partial charge in [-0.2, -0.15) is 0 Å². The van der Waals surface area contributed by atoms with Gasteiger partial charge in [0.2, 0.25) is 11.8 Å². The standard InChI is InChI=1S/C28H34N4O7S/c1-16(2)25(22-12-23(31-39-22)38-10-4-5-24(34)35)28(37)32-14-20(33)11-21(32)27(36)29-13-18-6-8-19(9-7-18)26-17(3)30-15-40-26/h6-9,12,15-16,20-21,25,33H,4-5,10-11,13-14H2,1-3H3,(H,29,36)(H,34,35)/t20-,21+,25?/m1/s1. The second-order valence-electron chi connectivity index (χ2n) is 10.2. The number of hydrogen-bond donors (Lipinski definition) is 3. The Balaban J connectivity index is 1.39. The third-order valence-electron chi connectivity index (χ3n) is 6.82. The molecule has 0 aliphatic carbocycles. The number of β-amino-alcohol motifs (C(OH)–C–C–N with tert-alkyl or cyclic N) is 1. The average Bonchev–Trinajstić information content (AvgIpc) is 3.65. The number of benzene rings is 1. The summed E-state index contributed by atoms with van der Waals surface area (Å²) in [4.78, 5) is 44.3.